The first-order chi connectivity index (χ1) is 12.1. The number of thioether (sulfide) groups is 1. The van der Waals surface area contributed by atoms with Crippen LogP contribution in [0, 0.1) is 6.92 Å². The normalized spacial score (nSPS) is 11.4. The number of hydrogen-bond donors (Lipinski definition) is 2. The van der Waals surface area contributed by atoms with Crippen LogP contribution in [0.25, 0.3) is 0 Å². The van der Waals surface area contributed by atoms with E-state index in [1.807, 2.05) is 0 Å². The van der Waals surface area contributed by atoms with Crippen molar-refractivity contribution >= 4 is 29.3 Å². The predicted octanol–water partition coefficient (Wildman–Crippen LogP) is 4.76. The molecule has 1 aromatic heterocycles. The van der Waals surface area contributed by atoms with Gasteiger partial charge in [0.05, 0.1) is 11.4 Å². The van der Waals surface area contributed by atoms with E-state index < -0.39 is 23.8 Å². The molecule has 0 fully saturated rings. The SMILES string of the molecule is CCc1oc(C(=O)Nc2cc(C)ccc2SCC(F)(F)F)cc1C(=O)O. The van der Waals surface area contributed by atoms with E-state index in [-0.39, 0.29) is 34.1 Å². The predicted molar refractivity (Wildman–Crippen MR) is 91.0 cm³/mol. The molecule has 1 amide bonds. The van der Waals surface area contributed by atoms with Crippen LogP contribution in [0.15, 0.2) is 33.6 Å². The first-order valence-electron chi connectivity index (χ1n) is 7.58. The third-order valence-electron chi connectivity index (χ3n) is 3.36. The number of furan rings is 1. The Labute approximate surface area is 151 Å². The van der Waals surface area contributed by atoms with Gasteiger partial charge in [-0.15, -0.1) is 11.8 Å². The summed E-state index contributed by atoms with van der Waals surface area (Å²) in [4.78, 5) is 23.8. The van der Waals surface area contributed by atoms with Crippen LogP contribution >= 0.6 is 11.8 Å². The first kappa shape index (κ1) is 19.9. The Morgan fingerprint density at radius 2 is 1.96 bits per heavy atom. The van der Waals surface area contributed by atoms with Crippen LogP contribution < -0.4 is 5.32 Å². The van der Waals surface area contributed by atoms with Crippen molar-refractivity contribution in [1.29, 1.82) is 0 Å². The van der Waals surface area contributed by atoms with Crippen molar-refractivity contribution in [2.45, 2.75) is 31.3 Å². The second-order valence-corrected chi connectivity index (χ2v) is 6.48. The zero-order valence-electron chi connectivity index (χ0n) is 13.9. The molecule has 1 aromatic carbocycles. The van der Waals surface area contributed by atoms with Crippen molar-refractivity contribution < 1.29 is 32.3 Å². The van der Waals surface area contributed by atoms with Gasteiger partial charge in [-0.05, 0) is 24.6 Å². The van der Waals surface area contributed by atoms with Crippen LogP contribution in [0.5, 0.6) is 0 Å². The fraction of sp³-hybridized carbons (Fsp3) is 0.294. The van der Waals surface area contributed by atoms with Crippen molar-refractivity contribution in [2.24, 2.45) is 0 Å². The lowest BCUT2D eigenvalue weighted by Crippen LogP contribution is -2.13. The van der Waals surface area contributed by atoms with Gasteiger partial charge in [0.1, 0.15) is 11.3 Å². The van der Waals surface area contributed by atoms with Gasteiger partial charge in [0.2, 0.25) is 0 Å². The van der Waals surface area contributed by atoms with E-state index in [1.54, 1.807) is 26.0 Å². The molecular weight excluding hydrogens is 371 g/mol. The van der Waals surface area contributed by atoms with Crippen LogP contribution in [0.3, 0.4) is 0 Å². The number of aryl methyl sites for hydroxylation is 2. The minimum atomic E-state index is -4.34. The number of amides is 1. The van der Waals surface area contributed by atoms with E-state index in [2.05, 4.69) is 5.32 Å². The van der Waals surface area contributed by atoms with E-state index in [1.165, 1.54) is 6.07 Å². The van der Waals surface area contributed by atoms with E-state index in [0.29, 0.717) is 11.8 Å². The third kappa shape index (κ3) is 5.04. The van der Waals surface area contributed by atoms with Crippen LogP contribution in [0.2, 0.25) is 0 Å². The maximum atomic E-state index is 12.5. The van der Waals surface area contributed by atoms with Gasteiger partial charge >= 0.3 is 12.1 Å². The van der Waals surface area contributed by atoms with Gasteiger partial charge in [-0.2, -0.15) is 13.2 Å². The number of rotatable bonds is 6. The Balaban J connectivity index is 2.26. The van der Waals surface area contributed by atoms with Crippen LogP contribution in [-0.4, -0.2) is 28.9 Å². The number of carboxylic acids is 1. The minimum Gasteiger partial charge on any atom is -0.478 e. The molecule has 0 aliphatic heterocycles. The van der Waals surface area contributed by atoms with Gasteiger partial charge in [0.25, 0.3) is 5.91 Å². The average Bonchev–Trinajstić information content (AvgIpc) is 2.98. The summed E-state index contributed by atoms with van der Waals surface area (Å²) in [6.07, 6.45) is -4.06. The number of carbonyl (C=O) groups is 2. The minimum absolute atomic E-state index is 0.117. The van der Waals surface area contributed by atoms with Crippen molar-refractivity contribution in [3.63, 3.8) is 0 Å². The van der Waals surface area contributed by atoms with Crippen molar-refractivity contribution in [1.82, 2.24) is 0 Å². The fourth-order valence-electron chi connectivity index (χ4n) is 2.20. The number of alkyl halides is 3. The number of nitrogens with one attached hydrogen (secondary N) is 1. The molecule has 0 spiro atoms. The Hall–Kier alpha value is -2.42. The number of benzene rings is 1. The summed E-state index contributed by atoms with van der Waals surface area (Å²) < 4.78 is 42.7. The zero-order chi connectivity index (χ0) is 19.5. The van der Waals surface area contributed by atoms with Gasteiger partial charge in [-0.25, -0.2) is 4.79 Å². The van der Waals surface area contributed by atoms with Crippen molar-refractivity contribution in [3.8, 4) is 0 Å². The second kappa shape index (κ2) is 7.86. The highest BCUT2D eigenvalue weighted by Crippen LogP contribution is 2.33. The van der Waals surface area contributed by atoms with E-state index >= 15 is 0 Å². The Kier molecular flexibility index (Phi) is 6.01. The largest absolute Gasteiger partial charge is 0.478 e. The molecule has 2 rings (SSSR count). The standard InChI is InChI=1S/C17H16F3NO4S/c1-3-12-10(16(23)24)7-13(25-12)15(22)21-11-6-9(2)4-5-14(11)26-8-17(18,19)20/h4-7H,3,8H2,1-2H3,(H,21,22)(H,23,24). The molecule has 1 heterocycles. The molecule has 2 N–H and O–H groups in total. The Bertz CT molecular complexity index is 830. The van der Waals surface area contributed by atoms with Gasteiger partial charge in [-0.1, -0.05) is 13.0 Å². The Morgan fingerprint density at radius 1 is 1.27 bits per heavy atom. The van der Waals surface area contributed by atoms with E-state index in [4.69, 9.17) is 9.52 Å². The lowest BCUT2D eigenvalue weighted by atomic mass is 10.2. The highest BCUT2D eigenvalue weighted by molar-refractivity contribution is 7.99. The highest BCUT2D eigenvalue weighted by Gasteiger charge is 2.28. The molecule has 0 atom stereocenters. The number of halogens is 3. The Morgan fingerprint density at radius 3 is 2.50 bits per heavy atom. The number of carbonyl (C=O) groups excluding carboxylic acids is 1. The summed E-state index contributed by atoms with van der Waals surface area (Å²) in [6.45, 7) is 3.41. The molecule has 0 aliphatic rings. The summed E-state index contributed by atoms with van der Waals surface area (Å²) in [7, 11) is 0. The number of aromatic carboxylic acids is 1. The number of hydrogen-bond acceptors (Lipinski definition) is 4. The second-order valence-electron chi connectivity index (χ2n) is 5.46. The molecule has 0 aliphatic carbocycles. The highest BCUT2D eigenvalue weighted by atomic mass is 32.2. The average molecular weight is 387 g/mol. The van der Waals surface area contributed by atoms with Gasteiger partial charge in [0.15, 0.2) is 5.76 Å². The summed E-state index contributed by atoms with van der Waals surface area (Å²) in [5.41, 5.74) is 0.834. The van der Waals surface area contributed by atoms with E-state index in [9.17, 15) is 22.8 Å². The fourth-order valence-corrected chi connectivity index (χ4v) is 2.94. The molecule has 140 valence electrons. The van der Waals surface area contributed by atoms with E-state index in [0.717, 1.165) is 11.6 Å². The lowest BCUT2D eigenvalue weighted by Gasteiger charge is -2.12. The molecule has 0 bridgehead atoms. The van der Waals surface area contributed by atoms with Crippen molar-refractivity contribution in [2.75, 3.05) is 11.1 Å². The van der Waals surface area contributed by atoms with Gasteiger partial charge < -0.3 is 14.8 Å². The monoisotopic (exact) mass is 387 g/mol. The topological polar surface area (TPSA) is 79.5 Å². The molecule has 0 radical (unpaired) electrons. The maximum absolute atomic E-state index is 12.5. The quantitative estimate of drug-likeness (QED) is 0.699. The molecule has 0 saturated carbocycles. The molecule has 2 aromatic rings. The summed E-state index contributed by atoms with van der Waals surface area (Å²) >= 11 is 0.553. The summed E-state index contributed by atoms with van der Waals surface area (Å²) in [5.74, 6) is -3.11. The molecule has 26 heavy (non-hydrogen) atoms. The van der Waals surface area contributed by atoms with Crippen LogP contribution in [0.1, 0.15) is 39.2 Å². The lowest BCUT2D eigenvalue weighted by molar-refractivity contribution is -0.105. The molecule has 0 saturated heterocycles. The van der Waals surface area contributed by atoms with Gasteiger partial charge in [0, 0.05) is 17.4 Å². The maximum Gasteiger partial charge on any atom is 0.398 e. The van der Waals surface area contributed by atoms with Crippen LogP contribution in [0.4, 0.5) is 18.9 Å². The molecule has 9 heteroatoms. The summed E-state index contributed by atoms with van der Waals surface area (Å²) in [6, 6.07) is 5.77. The zero-order valence-corrected chi connectivity index (χ0v) is 14.8. The van der Waals surface area contributed by atoms with Crippen LogP contribution in [-0.2, 0) is 6.42 Å². The number of anilines is 1. The third-order valence-corrected chi connectivity index (χ3v) is 4.50. The van der Waals surface area contributed by atoms with Gasteiger partial charge in [-0.3, -0.25) is 4.79 Å². The molecule has 5 nitrogen and oxygen atoms in total. The summed E-state index contributed by atoms with van der Waals surface area (Å²) in [5, 5.41) is 11.6. The smallest absolute Gasteiger partial charge is 0.398 e. The van der Waals surface area contributed by atoms with Crippen molar-refractivity contribution in [3.05, 3.63) is 46.9 Å². The molecular formula is C17H16F3NO4S. The molecule has 0 unspecified atom stereocenters. The number of carboxylic acid groups (broad SMARTS) is 1. The first-order valence-corrected chi connectivity index (χ1v) is 8.57.